The van der Waals surface area contributed by atoms with Gasteiger partial charge in [-0.2, -0.15) is 0 Å². The van der Waals surface area contributed by atoms with E-state index in [0.717, 1.165) is 0 Å². The van der Waals surface area contributed by atoms with Crippen molar-refractivity contribution < 1.29 is 32.7 Å². The first-order valence-corrected chi connectivity index (χ1v) is 11.5. The van der Waals surface area contributed by atoms with E-state index in [1.807, 2.05) is 18.2 Å². The molecule has 0 atom stereocenters. The lowest BCUT2D eigenvalue weighted by molar-refractivity contribution is -0.134. The zero-order chi connectivity index (χ0) is 22.3. The van der Waals surface area contributed by atoms with Crippen molar-refractivity contribution in [1.29, 1.82) is 0 Å². The number of carbonyl (C=O) groups excluding carboxylic acids is 2. The monoisotopic (exact) mass is 447 g/mol. The highest BCUT2D eigenvalue weighted by Crippen LogP contribution is 2.35. The van der Waals surface area contributed by atoms with Crippen molar-refractivity contribution in [3.05, 3.63) is 60.2 Å². The van der Waals surface area contributed by atoms with Gasteiger partial charge in [0.1, 0.15) is 5.75 Å². The number of nitrogens with one attached hydrogen (secondary N) is 1. The van der Waals surface area contributed by atoms with E-state index in [2.05, 4.69) is 0 Å². The maximum Gasteiger partial charge on any atom is 0.265 e. The molecule has 31 heavy (non-hydrogen) atoms. The van der Waals surface area contributed by atoms with Crippen LogP contribution in [-0.2, 0) is 19.4 Å². The fourth-order valence-electron chi connectivity index (χ4n) is 3.55. The van der Waals surface area contributed by atoms with E-state index in [9.17, 15) is 18.0 Å². The van der Waals surface area contributed by atoms with Gasteiger partial charge in [0.05, 0.1) is 11.5 Å². The average molecular weight is 448 g/mol. The minimum atomic E-state index is -4.07. The van der Waals surface area contributed by atoms with Gasteiger partial charge in [0, 0.05) is 25.2 Å². The summed E-state index contributed by atoms with van der Waals surface area (Å²) in [5.74, 6) is -0.465. The quantitative estimate of drug-likeness (QED) is 0.262. The third-order valence-electron chi connectivity index (χ3n) is 5.38. The third kappa shape index (κ3) is 4.95. The number of ether oxygens (including phenoxy) is 2. The number of sulfone groups is 1. The summed E-state index contributed by atoms with van der Waals surface area (Å²) in [6.07, 6.45) is 0.774. The fraction of sp³-hybridized carbons (Fsp3) is 0.364. The van der Waals surface area contributed by atoms with E-state index in [0.29, 0.717) is 30.8 Å². The number of hydrogen-bond acceptors (Lipinski definition) is 7. The summed E-state index contributed by atoms with van der Waals surface area (Å²) in [5.41, 5.74) is 2.15. The fourth-order valence-corrected chi connectivity index (χ4v) is 5.49. The Labute approximate surface area is 181 Å². The SMILES string of the molecule is O=C(CCCOc1ccc(S(=O)(=O)C2(C(=O)NO)CCOCC2)cc1)c1ccccc1. The van der Waals surface area contributed by atoms with Crippen LogP contribution in [-0.4, -0.2) is 49.9 Å². The van der Waals surface area contributed by atoms with Gasteiger partial charge in [-0.1, -0.05) is 30.3 Å². The van der Waals surface area contributed by atoms with Crippen molar-refractivity contribution >= 4 is 21.5 Å². The second-order valence-corrected chi connectivity index (χ2v) is 9.52. The lowest BCUT2D eigenvalue weighted by Gasteiger charge is -2.34. The number of benzene rings is 2. The number of hydroxylamine groups is 1. The zero-order valence-corrected chi connectivity index (χ0v) is 17.8. The Hall–Kier alpha value is -2.75. The average Bonchev–Trinajstić information content (AvgIpc) is 2.82. The number of ketones is 1. The van der Waals surface area contributed by atoms with Gasteiger partial charge in [-0.25, -0.2) is 13.9 Å². The molecule has 1 saturated heterocycles. The van der Waals surface area contributed by atoms with Crippen molar-refractivity contribution in [2.75, 3.05) is 19.8 Å². The van der Waals surface area contributed by atoms with E-state index >= 15 is 0 Å². The molecule has 0 aliphatic carbocycles. The third-order valence-corrected chi connectivity index (χ3v) is 7.89. The molecule has 1 fully saturated rings. The summed E-state index contributed by atoms with van der Waals surface area (Å²) in [5, 5.41) is 9.09. The van der Waals surface area contributed by atoms with E-state index in [1.54, 1.807) is 12.1 Å². The lowest BCUT2D eigenvalue weighted by atomic mass is 9.98. The van der Waals surface area contributed by atoms with Crippen LogP contribution in [0.4, 0.5) is 0 Å². The van der Waals surface area contributed by atoms with Crippen LogP contribution in [0.25, 0.3) is 0 Å². The van der Waals surface area contributed by atoms with Crippen LogP contribution in [0.5, 0.6) is 5.75 Å². The van der Waals surface area contributed by atoms with Crippen LogP contribution in [0.2, 0.25) is 0 Å². The summed E-state index contributed by atoms with van der Waals surface area (Å²) in [7, 11) is -4.07. The van der Waals surface area contributed by atoms with Gasteiger partial charge >= 0.3 is 0 Å². The van der Waals surface area contributed by atoms with Crippen molar-refractivity contribution in [3.63, 3.8) is 0 Å². The molecule has 9 heteroatoms. The van der Waals surface area contributed by atoms with Gasteiger partial charge in [-0.15, -0.1) is 0 Å². The topological polar surface area (TPSA) is 119 Å². The highest BCUT2D eigenvalue weighted by Gasteiger charge is 2.52. The Morgan fingerprint density at radius 3 is 2.29 bits per heavy atom. The van der Waals surface area contributed by atoms with Crippen LogP contribution in [0.15, 0.2) is 59.5 Å². The van der Waals surface area contributed by atoms with Crippen molar-refractivity contribution in [3.8, 4) is 5.75 Å². The van der Waals surface area contributed by atoms with E-state index in [-0.39, 0.29) is 36.7 Å². The highest BCUT2D eigenvalue weighted by molar-refractivity contribution is 7.93. The second-order valence-electron chi connectivity index (χ2n) is 7.26. The highest BCUT2D eigenvalue weighted by atomic mass is 32.2. The Bertz CT molecular complexity index is 998. The van der Waals surface area contributed by atoms with Gasteiger partial charge in [0.2, 0.25) is 0 Å². The maximum atomic E-state index is 13.2. The van der Waals surface area contributed by atoms with E-state index in [4.69, 9.17) is 14.7 Å². The molecule has 1 aliphatic rings. The van der Waals surface area contributed by atoms with Crippen LogP contribution in [0, 0.1) is 0 Å². The predicted molar refractivity (Wildman–Crippen MR) is 112 cm³/mol. The first-order chi connectivity index (χ1) is 14.9. The molecule has 0 radical (unpaired) electrons. The molecule has 0 bridgehead atoms. The molecule has 0 spiro atoms. The Morgan fingerprint density at radius 2 is 1.68 bits per heavy atom. The van der Waals surface area contributed by atoms with Gasteiger partial charge in [0.15, 0.2) is 20.4 Å². The Kier molecular flexibility index (Phi) is 7.42. The molecule has 0 unspecified atom stereocenters. The minimum Gasteiger partial charge on any atom is -0.494 e. The molecule has 2 aromatic rings. The molecule has 3 rings (SSSR count). The molecule has 0 saturated carbocycles. The van der Waals surface area contributed by atoms with Gasteiger partial charge in [0.25, 0.3) is 5.91 Å². The number of amides is 1. The largest absolute Gasteiger partial charge is 0.494 e. The smallest absolute Gasteiger partial charge is 0.265 e. The summed E-state index contributed by atoms with van der Waals surface area (Å²) < 4.78 is 35.4. The van der Waals surface area contributed by atoms with Gasteiger partial charge in [-0.05, 0) is 43.5 Å². The molecule has 166 valence electrons. The molecule has 1 aliphatic heterocycles. The van der Waals surface area contributed by atoms with Crippen molar-refractivity contribution in [1.82, 2.24) is 5.48 Å². The van der Waals surface area contributed by atoms with Crippen molar-refractivity contribution in [2.45, 2.75) is 35.3 Å². The second kappa shape index (κ2) is 10.0. The number of hydrogen-bond donors (Lipinski definition) is 2. The van der Waals surface area contributed by atoms with E-state index < -0.39 is 20.5 Å². The standard InChI is InChI=1S/C22H25NO7S/c24-20(17-5-2-1-3-6-17)7-4-14-30-18-8-10-19(11-9-18)31(27,28)22(21(25)23-26)12-15-29-16-13-22/h1-3,5-6,8-11,26H,4,7,12-16H2,(H,23,25). The first-order valence-electron chi connectivity index (χ1n) is 9.99. The van der Waals surface area contributed by atoms with Crippen LogP contribution >= 0.6 is 0 Å². The first kappa shape index (κ1) is 22.9. The summed E-state index contributed by atoms with van der Waals surface area (Å²) in [6.45, 7) is 0.518. The van der Waals surface area contributed by atoms with Crippen LogP contribution < -0.4 is 10.2 Å². The molecule has 1 amide bonds. The molecule has 2 aromatic carbocycles. The maximum absolute atomic E-state index is 13.2. The molecule has 2 N–H and O–H groups in total. The summed E-state index contributed by atoms with van der Waals surface area (Å²) in [6, 6.07) is 14.8. The van der Waals surface area contributed by atoms with E-state index in [1.165, 1.54) is 29.7 Å². The summed E-state index contributed by atoms with van der Waals surface area (Å²) in [4.78, 5) is 24.3. The molecule has 0 aromatic heterocycles. The molecule has 1 heterocycles. The van der Waals surface area contributed by atoms with Gasteiger partial charge in [-0.3, -0.25) is 14.8 Å². The van der Waals surface area contributed by atoms with Gasteiger partial charge < -0.3 is 9.47 Å². The lowest BCUT2D eigenvalue weighted by Crippen LogP contribution is -2.54. The number of carbonyl (C=O) groups is 2. The zero-order valence-electron chi connectivity index (χ0n) is 17.0. The molecular weight excluding hydrogens is 422 g/mol. The van der Waals surface area contributed by atoms with Crippen LogP contribution in [0.1, 0.15) is 36.0 Å². The Balaban J connectivity index is 1.61. The number of Topliss-reactive ketones (excluding diaryl/α,β-unsaturated/α-hetero) is 1. The van der Waals surface area contributed by atoms with Crippen LogP contribution in [0.3, 0.4) is 0 Å². The van der Waals surface area contributed by atoms with Crippen molar-refractivity contribution in [2.24, 2.45) is 0 Å². The Morgan fingerprint density at radius 1 is 1.03 bits per heavy atom. The molecule has 8 nitrogen and oxygen atoms in total. The minimum absolute atomic E-state index is 0.0366. The predicted octanol–water partition coefficient (Wildman–Crippen LogP) is 2.56. The summed E-state index contributed by atoms with van der Waals surface area (Å²) >= 11 is 0. The molecular formula is C22H25NO7S. The number of rotatable bonds is 9. The normalized spacial score (nSPS) is 15.8.